The maximum absolute atomic E-state index is 12.0. The van der Waals surface area contributed by atoms with E-state index in [1.165, 1.54) is 0 Å². The van der Waals surface area contributed by atoms with Crippen molar-refractivity contribution in [2.45, 2.75) is 26.3 Å². The van der Waals surface area contributed by atoms with E-state index in [2.05, 4.69) is 5.32 Å². The Labute approximate surface area is 105 Å². The number of carboxylic acids is 1. The van der Waals surface area contributed by atoms with Crippen molar-refractivity contribution < 1.29 is 19.5 Å². The molecule has 3 atom stereocenters. The zero-order valence-corrected chi connectivity index (χ0v) is 10.8. The second-order valence-corrected chi connectivity index (χ2v) is 5.72. The lowest BCUT2D eigenvalue weighted by molar-refractivity contribution is -0.140. The minimum atomic E-state index is -0.949. The molecule has 2 fully saturated rings. The first kappa shape index (κ1) is 12.9. The molecule has 0 spiro atoms. The molecular formula is C12H18N2O4. The highest BCUT2D eigenvalue weighted by Crippen LogP contribution is 2.58. The maximum Gasteiger partial charge on any atom is 0.307 e. The van der Waals surface area contributed by atoms with Crippen LogP contribution in [0.5, 0.6) is 0 Å². The Morgan fingerprint density at radius 1 is 1.39 bits per heavy atom. The van der Waals surface area contributed by atoms with Gasteiger partial charge in [0, 0.05) is 13.6 Å². The number of hydrogen-bond donors (Lipinski definition) is 2. The molecule has 2 N–H and O–H groups in total. The molecule has 1 saturated heterocycles. The van der Waals surface area contributed by atoms with Gasteiger partial charge in [0.25, 0.3) is 0 Å². The van der Waals surface area contributed by atoms with Gasteiger partial charge in [-0.1, -0.05) is 13.8 Å². The number of aliphatic carboxylic acids is 1. The summed E-state index contributed by atoms with van der Waals surface area (Å²) in [5.74, 6) is -2.55. The Hall–Kier alpha value is -1.59. The molecular weight excluding hydrogens is 236 g/mol. The predicted molar refractivity (Wildman–Crippen MR) is 62.6 cm³/mol. The third-order valence-corrected chi connectivity index (χ3v) is 4.12. The fraction of sp³-hybridized carbons (Fsp3) is 0.750. The lowest BCUT2D eigenvalue weighted by atomic mass is 10.1. The Bertz CT molecular complexity index is 418. The zero-order chi connectivity index (χ0) is 13.7. The number of amides is 2. The molecule has 1 heterocycles. The van der Waals surface area contributed by atoms with Crippen LogP contribution in [0.3, 0.4) is 0 Å². The van der Waals surface area contributed by atoms with Gasteiger partial charge in [0.1, 0.15) is 6.04 Å². The summed E-state index contributed by atoms with van der Waals surface area (Å²) in [5, 5.41) is 11.7. The molecule has 0 radical (unpaired) electrons. The van der Waals surface area contributed by atoms with Gasteiger partial charge < -0.3 is 15.3 Å². The number of rotatable bonds is 3. The molecule has 1 aliphatic heterocycles. The summed E-state index contributed by atoms with van der Waals surface area (Å²) >= 11 is 0. The third-order valence-electron chi connectivity index (χ3n) is 4.12. The van der Waals surface area contributed by atoms with Crippen LogP contribution in [-0.2, 0) is 14.4 Å². The van der Waals surface area contributed by atoms with Crippen LogP contribution in [0.2, 0.25) is 0 Å². The minimum Gasteiger partial charge on any atom is -0.481 e. The number of likely N-dealkylation sites (N-methyl/N-ethyl adjacent to an activating group) is 1. The highest BCUT2D eigenvalue weighted by molar-refractivity contribution is 5.95. The second kappa shape index (κ2) is 3.96. The van der Waals surface area contributed by atoms with Crippen molar-refractivity contribution in [3.05, 3.63) is 0 Å². The smallest absolute Gasteiger partial charge is 0.307 e. The van der Waals surface area contributed by atoms with E-state index >= 15 is 0 Å². The van der Waals surface area contributed by atoms with Gasteiger partial charge >= 0.3 is 5.97 Å². The summed E-state index contributed by atoms with van der Waals surface area (Å²) in [4.78, 5) is 36.2. The lowest BCUT2D eigenvalue weighted by Gasteiger charge is -2.12. The van der Waals surface area contributed by atoms with Gasteiger partial charge in [0.15, 0.2) is 0 Å². The van der Waals surface area contributed by atoms with Crippen molar-refractivity contribution >= 4 is 17.8 Å². The Balaban J connectivity index is 1.98. The van der Waals surface area contributed by atoms with Gasteiger partial charge in [-0.3, -0.25) is 14.4 Å². The SMILES string of the molecule is CN1CCC(NC(=O)C2C(C(=O)O)C2(C)C)C1=O. The first-order valence-electron chi connectivity index (χ1n) is 6.05. The topological polar surface area (TPSA) is 86.7 Å². The molecule has 2 aliphatic rings. The average molecular weight is 254 g/mol. The normalized spacial score (nSPS) is 33.4. The molecule has 0 aromatic rings. The largest absolute Gasteiger partial charge is 0.481 e. The molecule has 3 unspecified atom stereocenters. The van der Waals surface area contributed by atoms with Crippen molar-refractivity contribution in [2.75, 3.05) is 13.6 Å². The van der Waals surface area contributed by atoms with Gasteiger partial charge in [0.2, 0.25) is 11.8 Å². The van der Waals surface area contributed by atoms with Gasteiger partial charge in [-0.05, 0) is 11.8 Å². The van der Waals surface area contributed by atoms with E-state index in [1.807, 2.05) is 0 Å². The number of hydrogen-bond acceptors (Lipinski definition) is 3. The third kappa shape index (κ3) is 1.85. The van der Waals surface area contributed by atoms with E-state index in [0.717, 1.165) is 0 Å². The van der Waals surface area contributed by atoms with Crippen LogP contribution in [-0.4, -0.2) is 47.4 Å². The van der Waals surface area contributed by atoms with Crippen molar-refractivity contribution in [2.24, 2.45) is 17.3 Å². The average Bonchev–Trinajstić information content (AvgIpc) is 2.73. The van der Waals surface area contributed by atoms with E-state index in [-0.39, 0.29) is 11.8 Å². The van der Waals surface area contributed by atoms with Crippen LogP contribution in [0.15, 0.2) is 0 Å². The Morgan fingerprint density at radius 2 is 2.00 bits per heavy atom. The fourth-order valence-electron chi connectivity index (χ4n) is 2.81. The molecule has 6 nitrogen and oxygen atoms in total. The molecule has 100 valence electrons. The first-order chi connectivity index (χ1) is 8.26. The summed E-state index contributed by atoms with van der Waals surface area (Å²) in [6, 6.07) is -0.492. The second-order valence-electron chi connectivity index (χ2n) is 5.72. The molecule has 1 aliphatic carbocycles. The highest BCUT2D eigenvalue weighted by Gasteiger charge is 2.66. The molecule has 6 heteroatoms. The monoisotopic (exact) mass is 254 g/mol. The minimum absolute atomic E-state index is 0.103. The van der Waals surface area contributed by atoms with Crippen molar-refractivity contribution in [1.82, 2.24) is 10.2 Å². The van der Waals surface area contributed by atoms with Gasteiger partial charge in [-0.2, -0.15) is 0 Å². The highest BCUT2D eigenvalue weighted by atomic mass is 16.4. The number of carbonyl (C=O) groups excluding carboxylic acids is 2. The van der Waals surface area contributed by atoms with E-state index < -0.39 is 29.3 Å². The number of likely N-dealkylation sites (tertiary alicyclic amines) is 1. The van der Waals surface area contributed by atoms with Crippen LogP contribution < -0.4 is 5.32 Å². The van der Waals surface area contributed by atoms with Gasteiger partial charge in [-0.15, -0.1) is 0 Å². The summed E-state index contributed by atoms with van der Waals surface area (Å²) in [5.41, 5.74) is -0.524. The number of carboxylic acid groups (broad SMARTS) is 1. The molecule has 18 heavy (non-hydrogen) atoms. The quantitative estimate of drug-likeness (QED) is 0.723. The molecule has 2 rings (SSSR count). The van der Waals surface area contributed by atoms with Gasteiger partial charge in [-0.25, -0.2) is 0 Å². The van der Waals surface area contributed by atoms with Crippen LogP contribution in [0.1, 0.15) is 20.3 Å². The number of nitrogens with zero attached hydrogens (tertiary/aromatic N) is 1. The van der Waals surface area contributed by atoms with Crippen LogP contribution in [0.25, 0.3) is 0 Å². The Morgan fingerprint density at radius 3 is 2.39 bits per heavy atom. The fourth-order valence-corrected chi connectivity index (χ4v) is 2.81. The summed E-state index contributed by atoms with van der Waals surface area (Å²) in [7, 11) is 1.69. The summed E-state index contributed by atoms with van der Waals surface area (Å²) in [6.45, 7) is 4.15. The molecule has 1 saturated carbocycles. The van der Waals surface area contributed by atoms with Crippen molar-refractivity contribution in [1.29, 1.82) is 0 Å². The predicted octanol–water partition coefficient (Wildman–Crippen LogP) is -0.310. The molecule has 0 aromatic heterocycles. The van der Waals surface area contributed by atoms with E-state index in [0.29, 0.717) is 13.0 Å². The molecule has 2 amide bonds. The number of nitrogens with one attached hydrogen (secondary N) is 1. The molecule has 0 aromatic carbocycles. The van der Waals surface area contributed by atoms with Crippen LogP contribution >= 0.6 is 0 Å². The van der Waals surface area contributed by atoms with Crippen molar-refractivity contribution in [3.8, 4) is 0 Å². The lowest BCUT2D eigenvalue weighted by Crippen LogP contribution is -2.42. The summed E-state index contributed by atoms with van der Waals surface area (Å²) < 4.78 is 0. The Kier molecular flexibility index (Phi) is 2.83. The van der Waals surface area contributed by atoms with Crippen LogP contribution in [0.4, 0.5) is 0 Å². The number of carbonyl (C=O) groups is 3. The van der Waals surface area contributed by atoms with Crippen LogP contribution in [0, 0.1) is 17.3 Å². The summed E-state index contributed by atoms with van der Waals surface area (Å²) in [6.07, 6.45) is 0.589. The standard InChI is InChI=1S/C12H18N2O4/c1-12(2)7(8(12)11(17)18)9(15)13-6-4-5-14(3)10(6)16/h6-8H,4-5H2,1-3H3,(H,13,15)(H,17,18). The zero-order valence-electron chi connectivity index (χ0n) is 10.8. The molecule has 0 bridgehead atoms. The van der Waals surface area contributed by atoms with E-state index in [9.17, 15) is 14.4 Å². The van der Waals surface area contributed by atoms with E-state index in [1.54, 1.807) is 25.8 Å². The first-order valence-corrected chi connectivity index (χ1v) is 6.05. The van der Waals surface area contributed by atoms with Gasteiger partial charge in [0.05, 0.1) is 11.8 Å². The van der Waals surface area contributed by atoms with Crippen molar-refractivity contribution in [3.63, 3.8) is 0 Å². The maximum atomic E-state index is 12.0. The van der Waals surface area contributed by atoms with E-state index in [4.69, 9.17) is 5.11 Å².